The molecule has 0 saturated carbocycles. The lowest BCUT2D eigenvalue weighted by Gasteiger charge is -2.30. The number of hydrogen-bond acceptors (Lipinski definition) is 8. The second-order valence-electron chi connectivity index (χ2n) is 7.62. The first-order valence-corrected chi connectivity index (χ1v) is 11.3. The maximum atomic E-state index is 6.37. The van der Waals surface area contributed by atoms with Crippen molar-refractivity contribution in [1.82, 2.24) is 19.6 Å². The average Bonchev–Trinajstić information content (AvgIpc) is 3.46. The summed E-state index contributed by atoms with van der Waals surface area (Å²) >= 11 is 1.69. The van der Waals surface area contributed by atoms with Gasteiger partial charge in [0.1, 0.15) is 0 Å². The normalized spacial score (nSPS) is 14.3. The SMILES string of the molecule is Nc1cc(Nc2nc(-c3csc4ccccc34)n3nccc3n2)ccc1N1CCOCC1. The molecule has 0 spiro atoms. The Balaban J connectivity index is 1.37. The molecule has 6 rings (SSSR count). The van der Waals surface area contributed by atoms with E-state index in [2.05, 4.69) is 37.8 Å². The third-order valence-electron chi connectivity index (χ3n) is 5.61. The number of rotatable bonds is 4. The molecular weight excluding hydrogens is 422 g/mol. The molecule has 160 valence electrons. The van der Waals surface area contributed by atoms with E-state index in [1.807, 2.05) is 36.4 Å². The van der Waals surface area contributed by atoms with Gasteiger partial charge in [-0.05, 0) is 24.3 Å². The van der Waals surface area contributed by atoms with Crippen LogP contribution in [0.2, 0.25) is 0 Å². The maximum absolute atomic E-state index is 6.37. The Morgan fingerprint density at radius 3 is 2.78 bits per heavy atom. The number of nitrogens with zero attached hydrogens (tertiary/aromatic N) is 5. The number of fused-ring (bicyclic) bond motifs is 2. The molecule has 0 unspecified atom stereocenters. The number of aromatic nitrogens is 4. The van der Waals surface area contributed by atoms with Crippen LogP contribution < -0.4 is 16.0 Å². The van der Waals surface area contributed by atoms with Crippen LogP contribution in [0.1, 0.15) is 0 Å². The number of morpholine rings is 1. The molecule has 1 fully saturated rings. The average molecular weight is 444 g/mol. The lowest BCUT2D eigenvalue weighted by Crippen LogP contribution is -2.36. The first-order chi connectivity index (χ1) is 15.8. The summed E-state index contributed by atoms with van der Waals surface area (Å²) in [6.07, 6.45) is 1.74. The highest BCUT2D eigenvalue weighted by Crippen LogP contribution is 2.34. The molecule has 1 saturated heterocycles. The van der Waals surface area contributed by atoms with Crippen LogP contribution in [0, 0.1) is 0 Å². The molecule has 9 heteroatoms. The minimum atomic E-state index is 0.502. The summed E-state index contributed by atoms with van der Waals surface area (Å²) in [4.78, 5) is 11.7. The second-order valence-corrected chi connectivity index (χ2v) is 8.53. The van der Waals surface area contributed by atoms with Gasteiger partial charge in [-0.1, -0.05) is 18.2 Å². The molecule has 0 radical (unpaired) electrons. The fourth-order valence-electron chi connectivity index (χ4n) is 4.06. The Morgan fingerprint density at radius 1 is 1.03 bits per heavy atom. The molecule has 0 atom stereocenters. The molecule has 8 nitrogen and oxygen atoms in total. The summed E-state index contributed by atoms with van der Waals surface area (Å²) < 4.78 is 8.43. The zero-order valence-electron chi connectivity index (χ0n) is 17.2. The van der Waals surface area contributed by atoms with Crippen LogP contribution in [-0.4, -0.2) is 45.9 Å². The lowest BCUT2D eigenvalue weighted by molar-refractivity contribution is 0.123. The Hall–Kier alpha value is -3.69. The number of nitrogens with two attached hydrogens (primary N) is 1. The number of thiophene rings is 1. The first kappa shape index (κ1) is 19.0. The molecule has 1 aliphatic heterocycles. The summed E-state index contributed by atoms with van der Waals surface area (Å²) in [6, 6.07) is 16.1. The van der Waals surface area contributed by atoms with E-state index >= 15 is 0 Å². The predicted molar refractivity (Wildman–Crippen MR) is 129 cm³/mol. The highest BCUT2D eigenvalue weighted by atomic mass is 32.1. The molecule has 3 aromatic heterocycles. The van der Waals surface area contributed by atoms with Crippen LogP contribution in [0.3, 0.4) is 0 Å². The molecule has 3 N–H and O–H groups in total. The molecule has 0 amide bonds. The van der Waals surface area contributed by atoms with E-state index in [4.69, 9.17) is 15.5 Å². The fraction of sp³-hybridized carbons (Fsp3) is 0.174. The summed E-state index contributed by atoms with van der Waals surface area (Å²) in [5.41, 5.74) is 10.7. The minimum Gasteiger partial charge on any atom is -0.397 e. The summed E-state index contributed by atoms with van der Waals surface area (Å²) in [6.45, 7) is 3.13. The third kappa shape index (κ3) is 3.31. The van der Waals surface area contributed by atoms with Gasteiger partial charge >= 0.3 is 0 Å². The highest BCUT2D eigenvalue weighted by molar-refractivity contribution is 7.17. The van der Waals surface area contributed by atoms with E-state index < -0.39 is 0 Å². The van der Waals surface area contributed by atoms with Gasteiger partial charge in [0.2, 0.25) is 5.95 Å². The van der Waals surface area contributed by atoms with E-state index in [1.165, 1.54) is 4.70 Å². The third-order valence-corrected chi connectivity index (χ3v) is 6.58. The Labute approximate surface area is 188 Å². The maximum Gasteiger partial charge on any atom is 0.231 e. The largest absolute Gasteiger partial charge is 0.397 e. The van der Waals surface area contributed by atoms with E-state index in [0.29, 0.717) is 11.6 Å². The van der Waals surface area contributed by atoms with Gasteiger partial charge in [-0.25, -0.2) is 0 Å². The number of nitrogens with one attached hydrogen (secondary N) is 1. The molecule has 0 bridgehead atoms. The van der Waals surface area contributed by atoms with Crippen molar-refractivity contribution in [2.45, 2.75) is 0 Å². The lowest BCUT2D eigenvalue weighted by atomic mass is 10.1. The van der Waals surface area contributed by atoms with Crippen molar-refractivity contribution in [3.8, 4) is 11.4 Å². The number of nitrogen functional groups attached to an aromatic ring is 1. The van der Waals surface area contributed by atoms with E-state index in [0.717, 1.165) is 60.1 Å². The van der Waals surface area contributed by atoms with E-state index in [1.54, 1.807) is 22.0 Å². The van der Waals surface area contributed by atoms with Crippen LogP contribution in [0.4, 0.5) is 23.0 Å². The van der Waals surface area contributed by atoms with Crippen LogP contribution in [0.25, 0.3) is 27.1 Å². The molecule has 0 aliphatic carbocycles. The van der Waals surface area contributed by atoms with Gasteiger partial charge in [0.25, 0.3) is 0 Å². The quantitative estimate of drug-likeness (QED) is 0.403. The van der Waals surface area contributed by atoms with Gasteiger partial charge in [0.15, 0.2) is 11.5 Å². The number of anilines is 4. The molecule has 2 aromatic carbocycles. The Kier molecular flexibility index (Phi) is 4.62. The second kappa shape index (κ2) is 7.77. The van der Waals surface area contributed by atoms with Crippen LogP contribution in [-0.2, 0) is 4.74 Å². The van der Waals surface area contributed by atoms with Crippen molar-refractivity contribution >= 4 is 50.1 Å². The van der Waals surface area contributed by atoms with Gasteiger partial charge in [0.05, 0.1) is 30.8 Å². The number of hydrogen-bond donors (Lipinski definition) is 2. The van der Waals surface area contributed by atoms with Crippen LogP contribution in [0.15, 0.2) is 60.1 Å². The monoisotopic (exact) mass is 443 g/mol. The number of benzene rings is 2. The van der Waals surface area contributed by atoms with Crippen molar-refractivity contribution < 1.29 is 4.74 Å². The summed E-state index contributed by atoms with van der Waals surface area (Å²) in [5.74, 6) is 1.25. The van der Waals surface area contributed by atoms with Crippen LogP contribution >= 0.6 is 11.3 Å². The molecule has 4 heterocycles. The van der Waals surface area contributed by atoms with Crippen molar-refractivity contribution in [2.24, 2.45) is 0 Å². The van der Waals surface area contributed by atoms with Gasteiger partial charge in [0, 0.05) is 45.9 Å². The van der Waals surface area contributed by atoms with Crippen molar-refractivity contribution in [1.29, 1.82) is 0 Å². The fourth-order valence-corrected chi connectivity index (χ4v) is 5.00. The van der Waals surface area contributed by atoms with Crippen molar-refractivity contribution in [3.63, 3.8) is 0 Å². The zero-order valence-corrected chi connectivity index (χ0v) is 18.0. The van der Waals surface area contributed by atoms with E-state index in [9.17, 15) is 0 Å². The smallest absolute Gasteiger partial charge is 0.231 e. The molecule has 1 aliphatic rings. The van der Waals surface area contributed by atoms with Gasteiger partial charge < -0.3 is 20.7 Å². The zero-order chi connectivity index (χ0) is 21.5. The van der Waals surface area contributed by atoms with Crippen molar-refractivity contribution in [3.05, 3.63) is 60.1 Å². The standard InChI is InChI=1S/C23H21N7OS/c24-18-13-15(5-6-19(18)29-9-11-31-12-10-29)26-23-27-21-7-8-25-30(21)22(28-23)17-14-32-20-4-2-1-3-16(17)20/h1-8,13-14H,9-12,24H2,(H,26,27). The minimum absolute atomic E-state index is 0.502. The topological polar surface area (TPSA) is 93.6 Å². The molecular formula is C23H21N7OS. The van der Waals surface area contributed by atoms with Gasteiger partial charge in [-0.3, -0.25) is 0 Å². The van der Waals surface area contributed by atoms with Gasteiger partial charge in [-0.15, -0.1) is 11.3 Å². The van der Waals surface area contributed by atoms with Gasteiger partial charge in [-0.2, -0.15) is 19.6 Å². The number of ether oxygens (including phenoxy) is 1. The Bertz CT molecular complexity index is 1420. The van der Waals surface area contributed by atoms with Crippen molar-refractivity contribution in [2.75, 3.05) is 42.3 Å². The predicted octanol–water partition coefficient (Wildman–Crippen LogP) is 4.17. The Morgan fingerprint density at radius 2 is 1.91 bits per heavy atom. The first-order valence-electron chi connectivity index (χ1n) is 10.4. The van der Waals surface area contributed by atoms with Crippen LogP contribution in [0.5, 0.6) is 0 Å². The summed E-state index contributed by atoms with van der Waals surface area (Å²) in [7, 11) is 0. The van der Waals surface area contributed by atoms with E-state index in [-0.39, 0.29) is 0 Å². The highest BCUT2D eigenvalue weighted by Gasteiger charge is 2.16. The molecule has 32 heavy (non-hydrogen) atoms. The molecule has 5 aromatic rings. The summed E-state index contributed by atoms with van der Waals surface area (Å²) in [5, 5.41) is 11.0.